The van der Waals surface area contributed by atoms with Crippen molar-refractivity contribution in [3.63, 3.8) is 0 Å². The number of aryl methyl sites for hydroxylation is 2. The second-order valence-corrected chi connectivity index (χ2v) is 7.49. The van der Waals surface area contributed by atoms with Gasteiger partial charge >= 0.3 is 11.7 Å². The van der Waals surface area contributed by atoms with Crippen LogP contribution in [0.4, 0.5) is 0 Å². The summed E-state index contributed by atoms with van der Waals surface area (Å²) in [5, 5.41) is 0. The molecule has 2 heterocycles. The van der Waals surface area contributed by atoms with E-state index in [4.69, 9.17) is 19.9 Å². The Bertz CT molecular complexity index is 1060. The van der Waals surface area contributed by atoms with Gasteiger partial charge in [-0.3, -0.25) is 14.3 Å². The molecule has 1 aliphatic heterocycles. The minimum atomic E-state index is -1.08. The monoisotopic (exact) mass is 401 g/mol. The first-order valence-corrected chi connectivity index (χ1v) is 9.43. The summed E-state index contributed by atoms with van der Waals surface area (Å²) in [6.07, 6.45) is -1.45. The van der Waals surface area contributed by atoms with Crippen LogP contribution in [-0.2, 0) is 14.2 Å². The lowest BCUT2D eigenvalue weighted by Crippen LogP contribution is -2.48. The molecule has 0 bridgehead atoms. The minimum absolute atomic E-state index is 0.325. The molecule has 1 aliphatic carbocycles. The first-order chi connectivity index (χ1) is 13.8. The molecule has 9 heteroatoms. The molecule has 5 atom stereocenters. The van der Waals surface area contributed by atoms with Gasteiger partial charge < -0.3 is 19.9 Å². The van der Waals surface area contributed by atoms with Gasteiger partial charge in [-0.15, -0.1) is 0 Å². The van der Waals surface area contributed by atoms with Gasteiger partial charge in [-0.2, -0.15) is 0 Å². The topological polar surface area (TPSA) is 126 Å². The molecule has 0 spiro atoms. The highest BCUT2D eigenvalue weighted by atomic mass is 16.6. The highest BCUT2D eigenvalue weighted by Crippen LogP contribution is 2.54. The molecular weight excluding hydrogens is 378 g/mol. The molecular formula is C20H23N3O6. The lowest BCUT2D eigenvalue weighted by atomic mass is 10.1. The molecule has 9 nitrogen and oxygen atoms in total. The summed E-state index contributed by atoms with van der Waals surface area (Å²) in [6.45, 7) is 5.64. The van der Waals surface area contributed by atoms with Gasteiger partial charge in [-0.1, -0.05) is 17.7 Å². The number of esters is 1. The number of nitrogens with one attached hydrogen (secondary N) is 1. The number of nitrogens with two attached hydrogens (primary N) is 1. The fourth-order valence-electron chi connectivity index (χ4n) is 3.77. The average molecular weight is 401 g/mol. The summed E-state index contributed by atoms with van der Waals surface area (Å²) in [4.78, 5) is 38.6. The van der Waals surface area contributed by atoms with Crippen LogP contribution in [0.2, 0.25) is 0 Å². The molecule has 1 aromatic heterocycles. The number of benzene rings is 1. The molecule has 1 saturated carbocycles. The third-order valence-electron chi connectivity index (χ3n) is 5.48. The number of hydrogen-bond acceptors (Lipinski definition) is 7. The van der Waals surface area contributed by atoms with Gasteiger partial charge in [0.05, 0.1) is 5.56 Å². The number of nitrogens with zero attached hydrogens (tertiary/aromatic N) is 1. The quantitative estimate of drug-likeness (QED) is 0.694. The van der Waals surface area contributed by atoms with Crippen molar-refractivity contribution in [1.82, 2.24) is 9.55 Å². The number of rotatable bonds is 5. The van der Waals surface area contributed by atoms with Crippen molar-refractivity contribution in [3.8, 4) is 0 Å². The van der Waals surface area contributed by atoms with Gasteiger partial charge in [0, 0.05) is 18.4 Å². The van der Waals surface area contributed by atoms with Crippen LogP contribution in [0.15, 0.2) is 40.1 Å². The Kier molecular flexibility index (Phi) is 4.68. The largest absolute Gasteiger partial charge is 0.454 e. The zero-order valence-corrected chi connectivity index (χ0v) is 16.4. The minimum Gasteiger partial charge on any atom is -0.454 e. The van der Waals surface area contributed by atoms with E-state index < -0.39 is 47.3 Å². The number of carbonyl (C=O) groups excluding carboxylic acids is 1. The van der Waals surface area contributed by atoms with Crippen LogP contribution < -0.4 is 17.0 Å². The van der Waals surface area contributed by atoms with Gasteiger partial charge in [-0.05, 0) is 32.9 Å². The summed E-state index contributed by atoms with van der Waals surface area (Å²) < 4.78 is 18.6. The van der Waals surface area contributed by atoms with E-state index in [-0.39, 0.29) is 0 Å². The smallest absolute Gasteiger partial charge is 0.338 e. The number of fused-ring (bicyclic) bond motifs is 1. The zero-order chi connectivity index (χ0) is 20.9. The van der Waals surface area contributed by atoms with Crippen LogP contribution in [0.25, 0.3) is 0 Å². The molecule has 2 aliphatic rings. The van der Waals surface area contributed by atoms with Crippen molar-refractivity contribution in [1.29, 1.82) is 0 Å². The van der Waals surface area contributed by atoms with E-state index in [1.807, 2.05) is 19.1 Å². The van der Waals surface area contributed by atoms with E-state index in [1.165, 1.54) is 10.8 Å². The number of ether oxygens (including phenoxy) is 3. The van der Waals surface area contributed by atoms with Crippen LogP contribution in [0.5, 0.6) is 0 Å². The van der Waals surface area contributed by atoms with Crippen LogP contribution in [-0.4, -0.2) is 46.0 Å². The van der Waals surface area contributed by atoms with E-state index in [9.17, 15) is 14.4 Å². The Morgan fingerprint density at radius 3 is 2.59 bits per heavy atom. The Hall–Kier alpha value is -2.75. The van der Waals surface area contributed by atoms with Gasteiger partial charge in [0.2, 0.25) is 0 Å². The fraction of sp³-hybridized carbons (Fsp3) is 0.450. The maximum Gasteiger partial charge on any atom is 0.338 e. The fourth-order valence-corrected chi connectivity index (χ4v) is 3.77. The molecule has 2 fully saturated rings. The SMILES string of the molecule is CCO[C@H]1[C@H](n2cc(C)c(=O)[nH]c2=O)O[C@@H]2C(OC(=O)c3ccc(C)cc3)[C@@]21N. The number of H-pyrrole nitrogens is 1. The van der Waals surface area contributed by atoms with E-state index >= 15 is 0 Å². The third-order valence-corrected chi connectivity index (χ3v) is 5.48. The van der Waals surface area contributed by atoms with Gasteiger partial charge in [-0.25, -0.2) is 9.59 Å². The number of carbonyl (C=O) groups is 1. The summed E-state index contributed by atoms with van der Waals surface area (Å²) >= 11 is 0. The molecule has 1 aromatic carbocycles. The van der Waals surface area contributed by atoms with Gasteiger partial charge in [0.25, 0.3) is 5.56 Å². The Morgan fingerprint density at radius 2 is 1.93 bits per heavy atom. The van der Waals surface area contributed by atoms with Crippen LogP contribution in [0.1, 0.15) is 34.6 Å². The third kappa shape index (κ3) is 3.11. The number of aromatic amines is 1. The molecule has 0 radical (unpaired) electrons. The number of aromatic nitrogens is 2. The second-order valence-electron chi connectivity index (χ2n) is 7.49. The van der Waals surface area contributed by atoms with Crippen molar-refractivity contribution >= 4 is 5.97 Å². The first kappa shape index (κ1) is 19.6. The second kappa shape index (κ2) is 6.94. The normalized spacial score (nSPS) is 30.1. The van der Waals surface area contributed by atoms with Gasteiger partial charge in [0.1, 0.15) is 17.7 Å². The average Bonchev–Trinajstić information content (AvgIpc) is 3.10. The maximum atomic E-state index is 12.5. The van der Waals surface area contributed by atoms with E-state index in [0.29, 0.717) is 17.7 Å². The van der Waals surface area contributed by atoms with Crippen LogP contribution in [0, 0.1) is 13.8 Å². The van der Waals surface area contributed by atoms with Crippen molar-refractivity contribution in [2.45, 2.75) is 50.8 Å². The van der Waals surface area contributed by atoms with E-state index in [1.54, 1.807) is 26.0 Å². The summed E-state index contributed by atoms with van der Waals surface area (Å²) in [6, 6.07) is 7.02. The standard InChI is InChI=1S/C20H23N3O6/c1-4-27-15-17(23-9-11(3)16(24)22-19(23)26)28-13-14(20(13,15)21)29-18(25)12-7-5-10(2)6-8-12/h5-9,13-15,17H,4,21H2,1-3H3,(H,22,24,26)/t13-,14?,15+,17-,20+/m1/s1. The van der Waals surface area contributed by atoms with Crippen molar-refractivity contribution < 1.29 is 19.0 Å². The summed E-state index contributed by atoms with van der Waals surface area (Å²) in [5.41, 5.74) is 6.16. The van der Waals surface area contributed by atoms with Crippen LogP contribution >= 0.6 is 0 Å². The predicted octanol–water partition coefficient (Wildman–Crippen LogP) is 0.393. The van der Waals surface area contributed by atoms with Crippen LogP contribution in [0.3, 0.4) is 0 Å². The lowest BCUT2D eigenvalue weighted by molar-refractivity contribution is -0.101. The Morgan fingerprint density at radius 1 is 1.24 bits per heavy atom. The first-order valence-electron chi connectivity index (χ1n) is 9.43. The molecule has 0 amide bonds. The summed E-state index contributed by atoms with van der Waals surface area (Å²) in [7, 11) is 0. The predicted molar refractivity (Wildman–Crippen MR) is 103 cm³/mol. The zero-order valence-electron chi connectivity index (χ0n) is 16.4. The molecule has 3 N–H and O–H groups in total. The Balaban J connectivity index is 1.57. The highest BCUT2D eigenvalue weighted by molar-refractivity contribution is 5.89. The molecule has 29 heavy (non-hydrogen) atoms. The molecule has 1 saturated heterocycles. The van der Waals surface area contributed by atoms with Gasteiger partial charge in [0.15, 0.2) is 12.3 Å². The van der Waals surface area contributed by atoms with Crippen molar-refractivity contribution in [3.05, 3.63) is 68.0 Å². The maximum absolute atomic E-state index is 12.5. The van der Waals surface area contributed by atoms with Crippen molar-refractivity contribution in [2.75, 3.05) is 6.61 Å². The highest BCUT2D eigenvalue weighted by Gasteiger charge is 2.78. The molecule has 4 rings (SSSR count). The number of hydrogen-bond donors (Lipinski definition) is 2. The molecule has 154 valence electrons. The summed E-state index contributed by atoms with van der Waals surface area (Å²) in [5.74, 6) is -0.498. The molecule has 2 aromatic rings. The molecule has 1 unspecified atom stereocenters. The van der Waals surface area contributed by atoms with Crippen molar-refractivity contribution in [2.24, 2.45) is 5.73 Å². The Labute approximate surface area is 166 Å². The van der Waals surface area contributed by atoms with E-state index in [2.05, 4.69) is 4.98 Å². The lowest BCUT2D eigenvalue weighted by Gasteiger charge is -2.28. The van der Waals surface area contributed by atoms with E-state index in [0.717, 1.165) is 5.56 Å².